The molecule has 0 bridgehead atoms. The number of nitrogens with zero attached hydrogens (tertiary/aromatic N) is 1. The molecule has 23 heavy (non-hydrogen) atoms. The Morgan fingerprint density at radius 1 is 1.09 bits per heavy atom. The number of amides is 1. The predicted octanol–water partition coefficient (Wildman–Crippen LogP) is 3.62. The van der Waals surface area contributed by atoms with Gasteiger partial charge in [-0.3, -0.25) is 4.79 Å². The number of benzene rings is 2. The summed E-state index contributed by atoms with van der Waals surface area (Å²) >= 11 is 0. The average molecular weight is 311 g/mol. The fourth-order valence-corrected chi connectivity index (χ4v) is 2.75. The van der Waals surface area contributed by atoms with Crippen molar-refractivity contribution in [1.82, 2.24) is 4.90 Å². The second-order valence-electron chi connectivity index (χ2n) is 5.83. The van der Waals surface area contributed by atoms with Gasteiger partial charge in [0.15, 0.2) is 0 Å². The van der Waals surface area contributed by atoms with Crippen molar-refractivity contribution in [3.05, 3.63) is 71.3 Å². The van der Waals surface area contributed by atoms with Crippen LogP contribution in [0.5, 0.6) is 0 Å². The van der Waals surface area contributed by atoms with Gasteiger partial charge in [0.25, 0.3) is 0 Å². The molecule has 0 fully saturated rings. The van der Waals surface area contributed by atoms with Crippen molar-refractivity contribution in [3.8, 4) is 0 Å². The minimum absolute atomic E-state index is 0.0786. The third-order valence-electron chi connectivity index (χ3n) is 4.20. The number of methoxy groups -OCH3 is 1. The highest BCUT2D eigenvalue weighted by atomic mass is 16.5. The van der Waals surface area contributed by atoms with Gasteiger partial charge in [0.05, 0.1) is 6.61 Å². The first-order valence-corrected chi connectivity index (χ1v) is 7.97. The summed E-state index contributed by atoms with van der Waals surface area (Å²) in [5.74, 6) is 0.217. The van der Waals surface area contributed by atoms with Crippen LogP contribution in [-0.2, 0) is 9.53 Å². The van der Waals surface area contributed by atoms with Gasteiger partial charge >= 0.3 is 0 Å². The molecule has 0 aliphatic rings. The summed E-state index contributed by atoms with van der Waals surface area (Å²) in [5.41, 5.74) is 3.61. The van der Waals surface area contributed by atoms with E-state index in [1.54, 1.807) is 12.0 Å². The van der Waals surface area contributed by atoms with E-state index < -0.39 is 0 Å². The lowest BCUT2D eigenvalue weighted by Gasteiger charge is -2.23. The second kappa shape index (κ2) is 8.49. The van der Waals surface area contributed by atoms with E-state index in [0.717, 1.165) is 0 Å². The molecular formula is C20H25NO2. The normalized spacial score (nSPS) is 12.0. The molecule has 0 saturated heterocycles. The van der Waals surface area contributed by atoms with Crippen LogP contribution >= 0.6 is 0 Å². The maximum Gasteiger partial charge on any atom is 0.223 e. The molecule has 0 spiro atoms. The fraction of sp³-hybridized carbons (Fsp3) is 0.350. The standard InChI is InChI=1S/C20H25NO2/c1-16-9-7-8-12-18(16)19(17-10-5-4-6-11-17)15-20(22)21(2)13-14-23-3/h4-12,19H,13-15H2,1-3H3. The van der Waals surface area contributed by atoms with Crippen molar-refractivity contribution in [3.63, 3.8) is 0 Å². The van der Waals surface area contributed by atoms with Gasteiger partial charge in [-0.25, -0.2) is 0 Å². The topological polar surface area (TPSA) is 29.5 Å². The first-order chi connectivity index (χ1) is 11.1. The summed E-state index contributed by atoms with van der Waals surface area (Å²) in [7, 11) is 3.49. The lowest BCUT2D eigenvalue weighted by atomic mass is 9.86. The highest BCUT2D eigenvalue weighted by Gasteiger charge is 2.21. The van der Waals surface area contributed by atoms with E-state index in [0.29, 0.717) is 19.6 Å². The molecule has 2 aromatic rings. The second-order valence-corrected chi connectivity index (χ2v) is 5.83. The quantitative estimate of drug-likeness (QED) is 0.781. The van der Waals surface area contributed by atoms with Crippen molar-refractivity contribution < 1.29 is 9.53 Å². The fourth-order valence-electron chi connectivity index (χ4n) is 2.75. The average Bonchev–Trinajstić information content (AvgIpc) is 2.59. The van der Waals surface area contributed by atoms with Gasteiger partial charge in [0.1, 0.15) is 0 Å². The first kappa shape index (κ1) is 17.2. The van der Waals surface area contributed by atoms with E-state index in [4.69, 9.17) is 4.74 Å². The zero-order valence-electron chi connectivity index (χ0n) is 14.2. The summed E-state index contributed by atoms with van der Waals surface area (Å²) < 4.78 is 5.06. The minimum Gasteiger partial charge on any atom is -0.383 e. The molecule has 1 unspecified atom stereocenters. The van der Waals surface area contributed by atoms with Gasteiger partial charge in [-0.15, -0.1) is 0 Å². The van der Waals surface area contributed by atoms with E-state index in [-0.39, 0.29) is 11.8 Å². The zero-order chi connectivity index (χ0) is 16.7. The molecule has 0 radical (unpaired) electrons. The lowest BCUT2D eigenvalue weighted by Crippen LogP contribution is -2.31. The lowest BCUT2D eigenvalue weighted by molar-refractivity contribution is -0.130. The Morgan fingerprint density at radius 3 is 2.39 bits per heavy atom. The van der Waals surface area contributed by atoms with Crippen LogP contribution in [0.1, 0.15) is 29.0 Å². The Bertz CT molecular complexity index is 625. The third-order valence-corrected chi connectivity index (χ3v) is 4.20. The highest BCUT2D eigenvalue weighted by molar-refractivity contribution is 5.77. The number of rotatable bonds is 7. The van der Waals surface area contributed by atoms with E-state index in [2.05, 4.69) is 31.2 Å². The molecular weight excluding hydrogens is 286 g/mol. The number of hydrogen-bond donors (Lipinski definition) is 0. The summed E-state index contributed by atoms with van der Waals surface area (Å²) in [4.78, 5) is 14.3. The van der Waals surface area contributed by atoms with Crippen LogP contribution in [0.4, 0.5) is 0 Å². The van der Waals surface area contributed by atoms with Crippen LogP contribution < -0.4 is 0 Å². The van der Waals surface area contributed by atoms with Crippen LogP contribution in [0.3, 0.4) is 0 Å². The van der Waals surface area contributed by atoms with Gasteiger partial charge < -0.3 is 9.64 Å². The minimum atomic E-state index is 0.0786. The predicted molar refractivity (Wildman–Crippen MR) is 93.6 cm³/mol. The van der Waals surface area contributed by atoms with Crippen LogP contribution in [0, 0.1) is 6.92 Å². The van der Waals surface area contributed by atoms with E-state index in [9.17, 15) is 4.79 Å². The number of ether oxygens (including phenoxy) is 1. The number of aryl methyl sites for hydroxylation is 1. The molecule has 0 heterocycles. The van der Waals surface area contributed by atoms with Crippen molar-refractivity contribution in [2.75, 3.05) is 27.3 Å². The summed E-state index contributed by atoms with van der Waals surface area (Å²) in [6, 6.07) is 18.5. The van der Waals surface area contributed by atoms with Crippen LogP contribution in [0.15, 0.2) is 54.6 Å². The Kier molecular flexibility index (Phi) is 6.36. The van der Waals surface area contributed by atoms with Gasteiger partial charge in [-0.2, -0.15) is 0 Å². The van der Waals surface area contributed by atoms with Gasteiger partial charge in [0.2, 0.25) is 5.91 Å². The maximum atomic E-state index is 12.6. The van der Waals surface area contributed by atoms with Crippen LogP contribution in [0.2, 0.25) is 0 Å². The van der Waals surface area contributed by atoms with E-state index in [1.807, 2.05) is 37.4 Å². The number of carbonyl (C=O) groups excluding carboxylic acids is 1. The molecule has 0 saturated carbocycles. The Labute approximate surface area is 138 Å². The van der Waals surface area contributed by atoms with E-state index >= 15 is 0 Å². The van der Waals surface area contributed by atoms with Crippen molar-refractivity contribution in [2.45, 2.75) is 19.3 Å². The van der Waals surface area contributed by atoms with Crippen LogP contribution in [0.25, 0.3) is 0 Å². The third kappa shape index (κ3) is 4.67. The Morgan fingerprint density at radius 2 is 1.74 bits per heavy atom. The molecule has 0 aromatic heterocycles. The maximum absolute atomic E-state index is 12.6. The van der Waals surface area contributed by atoms with Gasteiger partial charge in [0, 0.05) is 33.0 Å². The van der Waals surface area contributed by atoms with Crippen LogP contribution in [-0.4, -0.2) is 38.1 Å². The monoisotopic (exact) mass is 311 g/mol. The van der Waals surface area contributed by atoms with Crippen molar-refractivity contribution >= 4 is 5.91 Å². The van der Waals surface area contributed by atoms with Gasteiger partial charge in [-0.05, 0) is 23.6 Å². The molecule has 0 N–H and O–H groups in total. The Balaban J connectivity index is 2.25. The molecule has 2 aromatic carbocycles. The SMILES string of the molecule is COCCN(C)C(=O)CC(c1ccccc1)c1ccccc1C. The number of hydrogen-bond acceptors (Lipinski definition) is 2. The number of likely N-dealkylation sites (N-methyl/N-ethyl adjacent to an activating group) is 1. The number of carbonyl (C=O) groups is 1. The summed E-state index contributed by atoms with van der Waals surface area (Å²) in [6.45, 7) is 3.28. The highest BCUT2D eigenvalue weighted by Crippen LogP contribution is 2.30. The van der Waals surface area contributed by atoms with Crippen molar-refractivity contribution in [2.24, 2.45) is 0 Å². The summed E-state index contributed by atoms with van der Waals surface area (Å²) in [6.07, 6.45) is 0.467. The largest absolute Gasteiger partial charge is 0.383 e. The molecule has 122 valence electrons. The molecule has 3 heteroatoms. The molecule has 1 amide bonds. The zero-order valence-corrected chi connectivity index (χ0v) is 14.2. The molecule has 3 nitrogen and oxygen atoms in total. The Hall–Kier alpha value is -2.13. The molecule has 0 aliphatic carbocycles. The van der Waals surface area contributed by atoms with Crippen molar-refractivity contribution in [1.29, 1.82) is 0 Å². The molecule has 0 aliphatic heterocycles. The van der Waals surface area contributed by atoms with Gasteiger partial charge in [-0.1, -0.05) is 54.6 Å². The van der Waals surface area contributed by atoms with E-state index in [1.165, 1.54) is 16.7 Å². The molecule has 2 rings (SSSR count). The summed E-state index contributed by atoms with van der Waals surface area (Å²) in [5, 5.41) is 0. The smallest absolute Gasteiger partial charge is 0.223 e. The first-order valence-electron chi connectivity index (χ1n) is 7.97. The molecule has 1 atom stereocenters.